The smallest absolute Gasteiger partial charge is 0.340 e. The number of nitrogens with one attached hydrogen (secondary N) is 3. The van der Waals surface area contributed by atoms with Gasteiger partial charge in [0.2, 0.25) is 0 Å². The number of nitrogens with zero attached hydrogens (tertiary/aromatic N) is 1. The molecule has 5 rings (SSSR count). The number of unbranched alkanes of at least 4 members (excludes halogenated alkanes) is 1. The summed E-state index contributed by atoms with van der Waals surface area (Å²) in [5.41, 5.74) is 3.93. The summed E-state index contributed by atoms with van der Waals surface area (Å²) in [6.07, 6.45) is 10.3. The van der Waals surface area contributed by atoms with Gasteiger partial charge in [0.05, 0.1) is 17.9 Å². The number of aromatic amines is 1. The van der Waals surface area contributed by atoms with Crippen molar-refractivity contribution in [2.24, 2.45) is 0 Å². The lowest BCUT2D eigenvalue weighted by Crippen LogP contribution is -2.44. The summed E-state index contributed by atoms with van der Waals surface area (Å²) in [5, 5.41) is 6.93. The molecule has 0 saturated carbocycles. The molecule has 3 aromatic rings. The first kappa shape index (κ1) is 24.4. The van der Waals surface area contributed by atoms with Crippen molar-refractivity contribution in [3.05, 3.63) is 59.8 Å². The number of hydrogen-bond acceptors (Lipinski definition) is 4. The summed E-state index contributed by atoms with van der Waals surface area (Å²) in [6.45, 7) is 4.83. The SMILES string of the molecule is CCCCOC(=O)c1ccccc1NC(=O)Nc1ccc2[nH]cc(C3CCN4CCCCC4C3)c2c1. The maximum atomic E-state index is 12.8. The Labute approximate surface area is 212 Å². The number of benzene rings is 2. The van der Waals surface area contributed by atoms with Crippen molar-refractivity contribution in [3.8, 4) is 0 Å². The Kier molecular flexibility index (Phi) is 7.56. The molecule has 2 aliphatic rings. The topological polar surface area (TPSA) is 86.5 Å². The lowest BCUT2D eigenvalue weighted by Gasteiger charge is -2.42. The number of carbonyl (C=O) groups excluding carboxylic acids is 2. The van der Waals surface area contributed by atoms with Crippen molar-refractivity contribution in [2.75, 3.05) is 30.3 Å². The van der Waals surface area contributed by atoms with Gasteiger partial charge in [0.25, 0.3) is 0 Å². The number of anilines is 2. The number of ether oxygens (including phenoxy) is 1. The number of aromatic nitrogens is 1. The molecule has 2 aliphatic heterocycles. The van der Waals surface area contributed by atoms with Crippen LogP contribution in [-0.2, 0) is 4.74 Å². The molecule has 0 radical (unpaired) electrons. The highest BCUT2D eigenvalue weighted by atomic mass is 16.5. The molecule has 2 atom stereocenters. The van der Waals surface area contributed by atoms with Gasteiger partial charge in [-0.3, -0.25) is 0 Å². The van der Waals surface area contributed by atoms with Crippen LogP contribution in [0.4, 0.5) is 16.2 Å². The highest BCUT2D eigenvalue weighted by molar-refractivity contribution is 6.05. The van der Waals surface area contributed by atoms with E-state index in [1.807, 2.05) is 19.1 Å². The second-order valence-corrected chi connectivity index (χ2v) is 10.0. The van der Waals surface area contributed by atoms with Gasteiger partial charge in [-0.15, -0.1) is 0 Å². The van der Waals surface area contributed by atoms with Gasteiger partial charge in [-0.25, -0.2) is 9.59 Å². The van der Waals surface area contributed by atoms with Crippen molar-refractivity contribution >= 4 is 34.3 Å². The minimum atomic E-state index is -0.429. The third kappa shape index (κ3) is 5.41. The van der Waals surface area contributed by atoms with E-state index >= 15 is 0 Å². The van der Waals surface area contributed by atoms with E-state index in [1.54, 1.807) is 24.3 Å². The molecule has 0 spiro atoms. The van der Waals surface area contributed by atoms with E-state index in [9.17, 15) is 9.59 Å². The molecule has 36 heavy (non-hydrogen) atoms. The zero-order valence-corrected chi connectivity index (χ0v) is 21.0. The molecule has 190 valence electrons. The molecule has 2 unspecified atom stereocenters. The van der Waals surface area contributed by atoms with E-state index in [0.29, 0.717) is 29.8 Å². The van der Waals surface area contributed by atoms with Crippen LogP contribution in [0.5, 0.6) is 0 Å². The third-order valence-corrected chi connectivity index (χ3v) is 7.61. The molecule has 2 fully saturated rings. The monoisotopic (exact) mass is 488 g/mol. The van der Waals surface area contributed by atoms with Gasteiger partial charge in [-0.05, 0) is 87.0 Å². The molecular formula is C29H36N4O3. The number of urea groups is 1. The second kappa shape index (κ2) is 11.2. The van der Waals surface area contributed by atoms with Crippen LogP contribution >= 0.6 is 0 Å². The molecule has 1 aromatic heterocycles. The highest BCUT2D eigenvalue weighted by Crippen LogP contribution is 2.38. The number of hydrogen-bond donors (Lipinski definition) is 3. The zero-order chi connectivity index (χ0) is 24.9. The Morgan fingerprint density at radius 2 is 1.97 bits per heavy atom. The van der Waals surface area contributed by atoms with Gasteiger partial charge >= 0.3 is 12.0 Å². The van der Waals surface area contributed by atoms with Gasteiger partial charge in [0.1, 0.15) is 0 Å². The predicted molar refractivity (Wildman–Crippen MR) is 144 cm³/mol. The molecular weight excluding hydrogens is 452 g/mol. The summed E-state index contributed by atoms with van der Waals surface area (Å²) in [4.78, 5) is 31.4. The number of carbonyl (C=O) groups is 2. The molecule has 0 aliphatic carbocycles. The minimum absolute atomic E-state index is 0.348. The summed E-state index contributed by atoms with van der Waals surface area (Å²) in [6, 6.07) is 13.2. The lowest BCUT2D eigenvalue weighted by molar-refractivity contribution is 0.0501. The van der Waals surface area contributed by atoms with Crippen LogP contribution in [0.3, 0.4) is 0 Å². The van der Waals surface area contributed by atoms with Crippen molar-refractivity contribution in [1.29, 1.82) is 0 Å². The highest BCUT2D eigenvalue weighted by Gasteiger charge is 2.31. The van der Waals surface area contributed by atoms with Crippen molar-refractivity contribution < 1.29 is 14.3 Å². The number of esters is 1. The maximum absolute atomic E-state index is 12.8. The molecule has 7 heteroatoms. The Hall–Kier alpha value is -3.32. The van der Waals surface area contributed by atoms with Crippen LogP contribution in [0.25, 0.3) is 10.9 Å². The number of amides is 2. The predicted octanol–water partition coefficient (Wildman–Crippen LogP) is 6.50. The summed E-state index contributed by atoms with van der Waals surface area (Å²) >= 11 is 0. The summed E-state index contributed by atoms with van der Waals surface area (Å²) in [7, 11) is 0. The van der Waals surface area contributed by atoms with Gasteiger partial charge in [-0.2, -0.15) is 0 Å². The molecule has 3 N–H and O–H groups in total. The van der Waals surface area contributed by atoms with Gasteiger partial charge < -0.3 is 25.3 Å². The van der Waals surface area contributed by atoms with E-state index < -0.39 is 12.0 Å². The van der Waals surface area contributed by atoms with E-state index in [4.69, 9.17) is 4.74 Å². The van der Waals surface area contributed by atoms with E-state index in [2.05, 4.69) is 32.8 Å². The number of piperidine rings is 2. The first-order chi connectivity index (χ1) is 17.6. The van der Waals surface area contributed by atoms with Crippen molar-refractivity contribution in [3.63, 3.8) is 0 Å². The lowest BCUT2D eigenvalue weighted by atomic mass is 9.82. The number of fused-ring (bicyclic) bond motifs is 2. The normalized spacial score (nSPS) is 20.0. The molecule has 0 bridgehead atoms. The van der Waals surface area contributed by atoms with Crippen LogP contribution in [0, 0.1) is 0 Å². The molecule has 2 saturated heterocycles. The van der Waals surface area contributed by atoms with Gasteiger partial charge in [0, 0.05) is 28.8 Å². The van der Waals surface area contributed by atoms with Crippen LogP contribution < -0.4 is 10.6 Å². The standard InChI is InChI=1S/C29H36N4O3/c1-2-3-16-36-28(34)23-9-4-5-10-27(23)32-29(35)31-21-11-12-26-24(18-21)25(19-30-26)20-13-15-33-14-7-6-8-22(33)17-20/h4-5,9-12,18-20,22,30H,2-3,6-8,13-17H2,1H3,(H2,31,32,35). The molecule has 7 nitrogen and oxygen atoms in total. The first-order valence-electron chi connectivity index (χ1n) is 13.3. The fourth-order valence-electron chi connectivity index (χ4n) is 5.67. The van der Waals surface area contributed by atoms with Crippen LogP contribution in [0.2, 0.25) is 0 Å². The molecule has 3 heterocycles. The largest absolute Gasteiger partial charge is 0.462 e. The van der Waals surface area contributed by atoms with E-state index in [-0.39, 0.29) is 0 Å². The van der Waals surface area contributed by atoms with E-state index in [1.165, 1.54) is 56.1 Å². The Morgan fingerprint density at radius 1 is 1.08 bits per heavy atom. The molecule has 2 aromatic carbocycles. The van der Waals surface area contributed by atoms with Gasteiger partial charge in [0.15, 0.2) is 0 Å². The number of rotatable bonds is 7. The average Bonchev–Trinajstić information content (AvgIpc) is 3.32. The third-order valence-electron chi connectivity index (χ3n) is 7.61. The summed E-state index contributed by atoms with van der Waals surface area (Å²) in [5.74, 6) is 0.106. The van der Waals surface area contributed by atoms with Gasteiger partial charge in [-0.1, -0.05) is 31.9 Å². The van der Waals surface area contributed by atoms with Crippen LogP contribution in [0.15, 0.2) is 48.7 Å². The fourth-order valence-corrected chi connectivity index (χ4v) is 5.67. The fraction of sp³-hybridized carbons (Fsp3) is 0.448. The Bertz CT molecular complexity index is 1220. The second-order valence-electron chi connectivity index (χ2n) is 10.0. The van der Waals surface area contributed by atoms with Crippen molar-refractivity contribution in [1.82, 2.24) is 9.88 Å². The molecule has 2 amide bonds. The summed E-state index contributed by atoms with van der Waals surface area (Å²) < 4.78 is 5.34. The minimum Gasteiger partial charge on any atom is -0.462 e. The zero-order valence-electron chi connectivity index (χ0n) is 21.0. The van der Waals surface area contributed by atoms with Crippen LogP contribution in [0.1, 0.15) is 73.7 Å². The quantitative estimate of drug-likeness (QED) is 0.262. The number of H-pyrrole nitrogens is 1. The number of para-hydroxylation sites is 1. The van der Waals surface area contributed by atoms with E-state index in [0.717, 1.165) is 24.0 Å². The average molecular weight is 489 g/mol. The van der Waals surface area contributed by atoms with Crippen LogP contribution in [-0.4, -0.2) is 47.6 Å². The first-order valence-corrected chi connectivity index (χ1v) is 13.3. The maximum Gasteiger partial charge on any atom is 0.340 e. The Morgan fingerprint density at radius 3 is 2.86 bits per heavy atom. The van der Waals surface area contributed by atoms with Crippen molar-refractivity contribution in [2.45, 2.75) is 63.8 Å². The Balaban J connectivity index is 1.27.